The summed E-state index contributed by atoms with van der Waals surface area (Å²) in [6.45, 7) is 8.98. The summed E-state index contributed by atoms with van der Waals surface area (Å²) in [5, 5.41) is 5.53. The van der Waals surface area contributed by atoms with Gasteiger partial charge in [0.15, 0.2) is 0 Å². The molecule has 1 aliphatic rings. The molecule has 1 fully saturated rings. The standard InChI is InChI=1S/C17H27F3N4O.ClH/c1-11(2)24-12(3)9-14(13(24)4)16(25)22-10-15(17(18,19)20)23-7-5-21-6-8-23;/h9,11,15,21H,5-8,10H2,1-4H3,(H,22,25);1H. The molecule has 0 aromatic carbocycles. The van der Waals surface area contributed by atoms with Crippen molar-refractivity contribution in [3.05, 3.63) is 23.0 Å². The summed E-state index contributed by atoms with van der Waals surface area (Å²) in [6, 6.07) is 0.260. The minimum absolute atomic E-state index is 0. The lowest BCUT2D eigenvalue weighted by atomic mass is 10.2. The number of nitrogens with one attached hydrogen (secondary N) is 2. The summed E-state index contributed by atoms with van der Waals surface area (Å²) < 4.78 is 42.2. The molecule has 1 atom stereocenters. The second kappa shape index (κ2) is 9.10. The molecule has 1 amide bonds. The number of rotatable bonds is 5. The zero-order chi connectivity index (χ0) is 18.8. The van der Waals surface area contributed by atoms with Gasteiger partial charge in [0.25, 0.3) is 5.91 Å². The summed E-state index contributed by atoms with van der Waals surface area (Å²) >= 11 is 0. The smallest absolute Gasteiger partial charge is 0.350 e. The predicted molar refractivity (Wildman–Crippen MR) is 98.2 cm³/mol. The van der Waals surface area contributed by atoms with E-state index in [2.05, 4.69) is 10.6 Å². The van der Waals surface area contributed by atoms with Crippen LogP contribution >= 0.6 is 12.4 Å². The molecule has 2 N–H and O–H groups in total. The SMILES string of the molecule is Cc1cc(C(=O)NCC(N2CCNCC2)C(F)(F)F)c(C)n1C(C)C.Cl. The van der Waals surface area contributed by atoms with Gasteiger partial charge >= 0.3 is 6.18 Å². The Morgan fingerprint density at radius 1 is 1.27 bits per heavy atom. The lowest BCUT2D eigenvalue weighted by Crippen LogP contribution is -2.57. The molecule has 0 aliphatic carbocycles. The molecule has 0 bridgehead atoms. The first-order valence-electron chi connectivity index (χ1n) is 8.61. The molecule has 26 heavy (non-hydrogen) atoms. The monoisotopic (exact) mass is 396 g/mol. The number of halogens is 4. The summed E-state index contributed by atoms with van der Waals surface area (Å²) in [6.07, 6.45) is -4.38. The number of hydrogen-bond donors (Lipinski definition) is 2. The first-order chi connectivity index (χ1) is 11.6. The number of aryl methyl sites for hydroxylation is 1. The van der Waals surface area contributed by atoms with E-state index < -0.39 is 24.7 Å². The summed E-state index contributed by atoms with van der Waals surface area (Å²) in [5.41, 5.74) is 2.13. The highest BCUT2D eigenvalue weighted by Gasteiger charge is 2.43. The van der Waals surface area contributed by atoms with E-state index in [9.17, 15) is 18.0 Å². The molecule has 2 rings (SSSR count). The van der Waals surface area contributed by atoms with Crippen molar-refractivity contribution in [1.82, 2.24) is 20.1 Å². The van der Waals surface area contributed by atoms with Crippen LogP contribution in [-0.4, -0.2) is 60.3 Å². The molecule has 9 heteroatoms. The van der Waals surface area contributed by atoms with Crippen molar-refractivity contribution in [1.29, 1.82) is 0 Å². The Labute approximate surface area is 158 Å². The van der Waals surface area contributed by atoms with Crippen LogP contribution in [0.15, 0.2) is 6.07 Å². The van der Waals surface area contributed by atoms with Crippen molar-refractivity contribution in [2.24, 2.45) is 0 Å². The van der Waals surface area contributed by atoms with Gasteiger partial charge in [0.1, 0.15) is 6.04 Å². The molecule has 1 saturated heterocycles. The first-order valence-corrected chi connectivity index (χ1v) is 8.61. The average Bonchev–Trinajstić information content (AvgIpc) is 2.82. The minimum atomic E-state index is -4.38. The fourth-order valence-corrected chi connectivity index (χ4v) is 3.53. The number of carbonyl (C=O) groups excluding carboxylic acids is 1. The second-order valence-electron chi connectivity index (χ2n) is 6.80. The Morgan fingerprint density at radius 3 is 2.31 bits per heavy atom. The van der Waals surface area contributed by atoms with Crippen LogP contribution in [0.3, 0.4) is 0 Å². The van der Waals surface area contributed by atoms with Gasteiger partial charge in [-0.25, -0.2) is 0 Å². The molecule has 1 aliphatic heterocycles. The predicted octanol–water partition coefficient (Wildman–Crippen LogP) is 2.67. The van der Waals surface area contributed by atoms with E-state index in [-0.39, 0.29) is 18.4 Å². The third-order valence-corrected chi connectivity index (χ3v) is 4.67. The second-order valence-corrected chi connectivity index (χ2v) is 6.80. The van der Waals surface area contributed by atoms with Crippen LogP contribution in [0.4, 0.5) is 13.2 Å². The maximum Gasteiger partial charge on any atom is 0.405 e. The summed E-state index contributed by atoms with van der Waals surface area (Å²) in [4.78, 5) is 13.8. The van der Waals surface area contributed by atoms with Crippen molar-refractivity contribution in [3.8, 4) is 0 Å². The van der Waals surface area contributed by atoms with Crippen LogP contribution in [0.5, 0.6) is 0 Å². The van der Waals surface area contributed by atoms with Crippen LogP contribution in [0.1, 0.15) is 41.6 Å². The maximum atomic E-state index is 13.4. The highest BCUT2D eigenvalue weighted by atomic mass is 35.5. The molecule has 0 radical (unpaired) electrons. The Balaban J connectivity index is 0.00000338. The fourth-order valence-electron chi connectivity index (χ4n) is 3.53. The van der Waals surface area contributed by atoms with E-state index in [1.54, 1.807) is 6.07 Å². The van der Waals surface area contributed by atoms with E-state index in [4.69, 9.17) is 0 Å². The molecule has 0 saturated carbocycles. The number of aromatic nitrogens is 1. The lowest BCUT2D eigenvalue weighted by molar-refractivity contribution is -0.183. The van der Waals surface area contributed by atoms with E-state index in [1.165, 1.54) is 4.90 Å². The molecular weight excluding hydrogens is 369 g/mol. The largest absolute Gasteiger partial charge is 0.405 e. The third kappa shape index (κ3) is 5.14. The molecule has 150 valence electrons. The maximum absolute atomic E-state index is 13.4. The third-order valence-electron chi connectivity index (χ3n) is 4.67. The number of alkyl halides is 3. The molecule has 2 heterocycles. The van der Waals surface area contributed by atoms with E-state index in [1.807, 2.05) is 32.3 Å². The number of carbonyl (C=O) groups is 1. The number of piperazine rings is 1. The van der Waals surface area contributed by atoms with Crippen molar-refractivity contribution in [2.45, 2.75) is 46.0 Å². The minimum Gasteiger partial charge on any atom is -0.350 e. The van der Waals surface area contributed by atoms with Gasteiger partial charge in [0.05, 0.1) is 5.56 Å². The van der Waals surface area contributed by atoms with Crippen molar-refractivity contribution < 1.29 is 18.0 Å². The highest BCUT2D eigenvalue weighted by molar-refractivity contribution is 5.95. The molecule has 0 spiro atoms. The van der Waals surface area contributed by atoms with Gasteiger partial charge in [0.2, 0.25) is 0 Å². The Morgan fingerprint density at radius 2 is 1.85 bits per heavy atom. The molecule has 5 nitrogen and oxygen atoms in total. The topological polar surface area (TPSA) is 49.3 Å². The number of amides is 1. The van der Waals surface area contributed by atoms with Crippen LogP contribution in [0.2, 0.25) is 0 Å². The Hall–Kier alpha value is -1.25. The average molecular weight is 397 g/mol. The summed E-state index contributed by atoms with van der Waals surface area (Å²) in [5.74, 6) is -0.454. The van der Waals surface area contributed by atoms with Crippen molar-refractivity contribution in [2.75, 3.05) is 32.7 Å². The molecular formula is C17H28ClF3N4O. The van der Waals surface area contributed by atoms with Gasteiger partial charge < -0.3 is 15.2 Å². The van der Waals surface area contributed by atoms with Crippen molar-refractivity contribution in [3.63, 3.8) is 0 Å². The van der Waals surface area contributed by atoms with Crippen LogP contribution in [-0.2, 0) is 0 Å². The van der Waals surface area contributed by atoms with E-state index in [0.717, 1.165) is 11.4 Å². The van der Waals surface area contributed by atoms with Gasteiger partial charge in [-0.1, -0.05) is 0 Å². The highest BCUT2D eigenvalue weighted by Crippen LogP contribution is 2.25. The fraction of sp³-hybridized carbons (Fsp3) is 0.706. The van der Waals surface area contributed by atoms with Gasteiger partial charge in [0, 0.05) is 50.2 Å². The Kier molecular flexibility index (Phi) is 7.98. The van der Waals surface area contributed by atoms with Crippen LogP contribution < -0.4 is 10.6 Å². The van der Waals surface area contributed by atoms with Crippen LogP contribution in [0, 0.1) is 13.8 Å². The van der Waals surface area contributed by atoms with Crippen LogP contribution in [0.25, 0.3) is 0 Å². The van der Waals surface area contributed by atoms with Crippen molar-refractivity contribution >= 4 is 18.3 Å². The van der Waals surface area contributed by atoms with Gasteiger partial charge in [-0.2, -0.15) is 13.2 Å². The quantitative estimate of drug-likeness (QED) is 0.804. The summed E-state index contributed by atoms with van der Waals surface area (Å²) in [7, 11) is 0. The lowest BCUT2D eigenvalue weighted by Gasteiger charge is -2.35. The zero-order valence-corrected chi connectivity index (χ0v) is 16.4. The normalized spacial score (nSPS) is 17.1. The van der Waals surface area contributed by atoms with Gasteiger partial charge in [-0.15, -0.1) is 12.4 Å². The number of hydrogen-bond acceptors (Lipinski definition) is 3. The van der Waals surface area contributed by atoms with E-state index in [0.29, 0.717) is 31.7 Å². The van der Waals surface area contributed by atoms with E-state index >= 15 is 0 Å². The Bertz CT molecular complexity index is 610. The number of nitrogens with zero attached hydrogens (tertiary/aromatic N) is 2. The molecule has 1 aromatic rings. The first kappa shape index (κ1) is 22.8. The zero-order valence-electron chi connectivity index (χ0n) is 15.6. The molecule has 1 unspecified atom stereocenters. The van der Waals surface area contributed by atoms with Gasteiger partial charge in [-0.05, 0) is 33.8 Å². The molecule has 1 aromatic heterocycles. The van der Waals surface area contributed by atoms with Gasteiger partial charge in [-0.3, -0.25) is 9.69 Å².